The van der Waals surface area contributed by atoms with Gasteiger partial charge in [0.2, 0.25) is 6.54 Å². The number of nitro groups is 1. The molecule has 3 rings (SSSR count). The van der Waals surface area contributed by atoms with Gasteiger partial charge in [-0.15, -0.1) is 0 Å². The topological polar surface area (TPSA) is 73.3 Å². The zero-order valence-electron chi connectivity index (χ0n) is 13.4. The van der Waals surface area contributed by atoms with Gasteiger partial charge in [-0.2, -0.15) is 0 Å². The molecule has 0 saturated carbocycles. The SMILES string of the molecule is O=Cc1ccc([C@H](c2ccccc2)[C@@H](C[N+](=O)[O-])c2ccccc2)o1. The Kier molecular flexibility index (Phi) is 5.04. The van der Waals surface area contributed by atoms with Crippen LogP contribution in [0, 0.1) is 10.1 Å². The second-order valence-electron chi connectivity index (χ2n) is 5.78. The van der Waals surface area contributed by atoms with Crippen molar-refractivity contribution in [1.29, 1.82) is 0 Å². The second kappa shape index (κ2) is 7.57. The van der Waals surface area contributed by atoms with Gasteiger partial charge in [0.1, 0.15) is 5.76 Å². The highest BCUT2D eigenvalue weighted by Crippen LogP contribution is 2.39. The van der Waals surface area contributed by atoms with E-state index in [0.29, 0.717) is 12.0 Å². The number of aldehydes is 1. The average Bonchev–Trinajstić information content (AvgIpc) is 3.11. The highest BCUT2D eigenvalue weighted by molar-refractivity contribution is 5.70. The van der Waals surface area contributed by atoms with Crippen molar-refractivity contribution in [3.8, 4) is 0 Å². The zero-order chi connectivity index (χ0) is 17.6. The van der Waals surface area contributed by atoms with Crippen molar-refractivity contribution in [1.82, 2.24) is 0 Å². The van der Waals surface area contributed by atoms with Crippen molar-refractivity contribution in [2.45, 2.75) is 11.8 Å². The summed E-state index contributed by atoms with van der Waals surface area (Å²) in [4.78, 5) is 22.0. The van der Waals surface area contributed by atoms with E-state index in [4.69, 9.17) is 4.42 Å². The lowest BCUT2D eigenvalue weighted by Crippen LogP contribution is -2.21. The van der Waals surface area contributed by atoms with Gasteiger partial charge in [-0.1, -0.05) is 60.7 Å². The fourth-order valence-electron chi connectivity index (χ4n) is 3.12. The van der Waals surface area contributed by atoms with E-state index in [1.807, 2.05) is 60.7 Å². The van der Waals surface area contributed by atoms with Crippen molar-refractivity contribution < 1.29 is 14.1 Å². The van der Waals surface area contributed by atoms with Crippen LogP contribution in [0.25, 0.3) is 0 Å². The molecule has 2 atom stereocenters. The number of carbonyl (C=O) groups is 1. The summed E-state index contributed by atoms with van der Waals surface area (Å²) in [6.45, 7) is -0.235. The van der Waals surface area contributed by atoms with Crippen molar-refractivity contribution in [2.75, 3.05) is 6.54 Å². The Morgan fingerprint density at radius 1 is 0.920 bits per heavy atom. The molecule has 0 N–H and O–H groups in total. The predicted molar refractivity (Wildman–Crippen MR) is 93.4 cm³/mol. The Labute approximate surface area is 145 Å². The van der Waals surface area contributed by atoms with Gasteiger partial charge in [-0.3, -0.25) is 14.9 Å². The van der Waals surface area contributed by atoms with E-state index in [1.165, 1.54) is 0 Å². The Hall–Kier alpha value is -3.21. The van der Waals surface area contributed by atoms with Crippen molar-refractivity contribution >= 4 is 6.29 Å². The molecule has 126 valence electrons. The van der Waals surface area contributed by atoms with Crippen LogP contribution in [0.5, 0.6) is 0 Å². The minimum absolute atomic E-state index is 0.212. The first-order valence-corrected chi connectivity index (χ1v) is 7.95. The summed E-state index contributed by atoms with van der Waals surface area (Å²) in [6, 6.07) is 22.2. The molecule has 1 heterocycles. The number of carbonyl (C=O) groups excluding carboxylic acids is 1. The smallest absolute Gasteiger partial charge is 0.211 e. The minimum Gasteiger partial charge on any atom is -0.458 e. The highest BCUT2D eigenvalue weighted by Gasteiger charge is 2.32. The van der Waals surface area contributed by atoms with Crippen LogP contribution in [0.4, 0.5) is 0 Å². The molecule has 5 nitrogen and oxygen atoms in total. The molecule has 0 bridgehead atoms. The Bertz CT molecular complexity index is 842. The van der Waals surface area contributed by atoms with Gasteiger partial charge in [-0.25, -0.2) is 0 Å². The lowest BCUT2D eigenvalue weighted by molar-refractivity contribution is -0.483. The van der Waals surface area contributed by atoms with Crippen molar-refractivity contribution in [3.05, 3.63) is 106 Å². The van der Waals surface area contributed by atoms with Crippen LogP contribution in [-0.2, 0) is 0 Å². The largest absolute Gasteiger partial charge is 0.458 e. The summed E-state index contributed by atoms with van der Waals surface area (Å²) in [5, 5.41) is 11.3. The molecule has 0 aliphatic rings. The first kappa shape index (κ1) is 16.6. The van der Waals surface area contributed by atoms with Gasteiger partial charge in [0, 0.05) is 4.92 Å². The maximum atomic E-state index is 11.3. The van der Waals surface area contributed by atoms with E-state index < -0.39 is 5.92 Å². The molecule has 0 amide bonds. The lowest BCUT2D eigenvalue weighted by Gasteiger charge is -2.23. The monoisotopic (exact) mass is 335 g/mol. The van der Waals surface area contributed by atoms with Gasteiger partial charge >= 0.3 is 0 Å². The summed E-state index contributed by atoms with van der Waals surface area (Å²) >= 11 is 0. The van der Waals surface area contributed by atoms with E-state index in [2.05, 4.69) is 0 Å². The third-order valence-electron chi connectivity index (χ3n) is 4.20. The average molecular weight is 335 g/mol. The number of hydrogen-bond donors (Lipinski definition) is 0. The summed E-state index contributed by atoms with van der Waals surface area (Å²) in [6.07, 6.45) is 0.635. The minimum atomic E-state index is -0.413. The fraction of sp³-hybridized carbons (Fsp3) is 0.150. The van der Waals surface area contributed by atoms with Gasteiger partial charge in [0.15, 0.2) is 12.0 Å². The zero-order valence-corrected chi connectivity index (χ0v) is 13.4. The quantitative estimate of drug-likeness (QED) is 0.367. The van der Waals surface area contributed by atoms with Crippen molar-refractivity contribution in [3.63, 3.8) is 0 Å². The Morgan fingerprint density at radius 3 is 2.04 bits per heavy atom. The van der Waals surface area contributed by atoms with E-state index in [0.717, 1.165) is 11.1 Å². The standard InChI is InChI=1S/C20H17NO4/c22-14-17-11-12-19(25-17)20(16-9-5-2-6-10-16)18(13-21(23)24)15-7-3-1-4-8-15/h1-12,14,18,20H,13H2/t18-,20+/m0/s1. The second-order valence-corrected chi connectivity index (χ2v) is 5.78. The van der Waals surface area contributed by atoms with Crippen LogP contribution >= 0.6 is 0 Å². The highest BCUT2D eigenvalue weighted by atomic mass is 16.6. The van der Waals surface area contributed by atoms with Gasteiger partial charge in [0.25, 0.3) is 0 Å². The molecule has 0 unspecified atom stereocenters. The molecule has 3 aromatic rings. The normalized spacial score (nSPS) is 13.1. The summed E-state index contributed by atoms with van der Waals surface area (Å²) in [5.74, 6) is -0.0141. The van der Waals surface area contributed by atoms with Crippen LogP contribution < -0.4 is 0 Å². The molecule has 0 radical (unpaired) electrons. The molecule has 0 aliphatic carbocycles. The van der Waals surface area contributed by atoms with Crippen LogP contribution in [0.15, 0.2) is 77.2 Å². The molecular weight excluding hydrogens is 318 g/mol. The molecule has 0 fully saturated rings. The molecule has 0 aliphatic heterocycles. The molecule has 2 aromatic carbocycles. The van der Waals surface area contributed by atoms with Crippen molar-refractivity contribution in [2.24, 2.45) is 0 Å². The first-order valence-electron chi connectivity index (χ1n) is 7.95. The Morgan fingerprint density at radius 2 is 1.52 bits per heavy atom. The van der Waals surface area contributed by atoms with Crippen LogP contribution in [0.2, 0.25) is 0 Å². The lowest BCUT2D eigenvalue weighted by atomic mass is 9.80. The van der Waals surface area contributed by atoms with Crippen LogP contribution in [0.3, 0.4) is 0 Å². The predicted octanol–water partition coefficient (Wildman–Crippen LogP) is 4.28. The number of benzene rings is 2. The number of hydrogen-bond acceptors (Lipinski definition) is 4. The van der Waals surface area contributed by atoms with Crippen LogP contribution in [-0.4, -0.2) is 17.8 Å². The van der Waals surface area contributed by atoms with E-state index in [-0.39, 0.29) is 23.1 Å². The summed E-state index contributed by atoms with van der Waals surface area (Å²) < 4.78 is 5.64. The first-order chi connectivity index (χ1) is 12.2. The molecule has 25 heavy (non-hydrogen) atoms. The van der Waals surface area contributed by atoms with Gasteiger partial charge in [0.05, 0.1) is 11.8 Å². The fourth-order valence-corrected chi connectivity index (χ4v) is 3.12. The molecule has 1 aromatic heterocycles. The number of nitrogens with zero attached hydrogens (tertiary/aromatic N) is 1. The Balaban J connectivity index is 2.12. The summed E-state index contributed by atoms with van der Waals surface area (Å²) in [7, 11) is 0. The molecule has 0 spiro atoms. The van der Waals surface area contributed by atoms with Gasteiger partial charge < -0.3 is 4.42 Å². The summed E-state index contributed by atoms with van der Waals surface area (Å²) in [5.41, 5.74) is 1.77. The number of rotatable bonds is 7. The molecular formula is C20H17NO4. The van der Waals surface area contributed by atoms with Gasteiger partial charge in [-0.05, 0) is 23.3 Å². The van der Waals surface area contributed by atoms with E-state index >= 15 is 0 Å². The maximum Gasteiger partial charge on any atom is 0.211 e. The third kappa shape index (κ3) is 3.83. The van der Waals surface area contributed by atoms with E-state index in [9.17, 15) is 14.9 Å². The third-order valence-corrected chi connectivity index (χ3v) is 4.20. The number of furan rings is 1. The maximum absolute atomic E-state index is 11.3. The van der Waals surface area contributed by atoms with E-state index in [1.54, 1.807) is 12.1 Å². The molecule has 5 heteroatoms. The van der Waals surface area contributed by atoms with Crippen LogP contribution in [0.1, 0.15) is 39.3 Å². The molecule has 0 saturated heterocycles.